The molecule has 0 saturated heterocycles. The maximum atomic E-state index is 12.6. The minimum absolute atomic E-state index is 0.0904. The van der Waals surface area contributed by atoms with Crippen molar-refractivity contribution >= 4 is 31.9 Å². The maximum Gasteiger partial charge on any atom is 0.255 e. The van der Waals surface area contributed by atoms with E-state index < -0.39 is 10.0 Å². The number of sulfonamides is 1. The monoisotopic (exact) mass is 484 g/mol. The number of benzene rings is 2. The molecule has 0 saturated carbocycles. The molecule has 2 N–H and O–H groups in total. The van der Waals surface area contributed by atoms with Crippen molar-refractivity contribution < 1.29 is 22.7 Å². The number of halogens is 1. The molecular formula is C20H25BrN2O5S. The van der Waals surface area contributed by atoms with Crippen LogP contribution in [0.15, 0.2) is 40.9 Å². The molecule has 0 bridgehead atoms. The van der Waals surface area contributed by atoms with Gasteiger partial charge in [-0.25, -0.2) is 13.1 Å². The Kier molecular flexibility index (Phi) is 8.06. The Morgan fingerprint density at radius 2 is 1.69 bits per heavy atom. The Balaban J connectivity index is 2.05. The molecule has 9 heteroatoms. The molecule has 0 aromatic heterocycles. The summed E-state index contributed by atoms with van der Waals surface area (Å²) in [6.07, 6.45) is 0. The molecule has 0 unspecified atom stereocenters. The molecule has 0 fully saturated rings. The van der Waals surface area contributed by atoms with Gasteiger partial charge in [0, 0.05) is 12.6 Å². The average Bonchev–Trinajstić information content (AvgIpc) is 2.65. The van der Waals surface area contributed by atoms with Crippen molar-refractivity contribution in [1.29, 1.82) is 0 Å². The predicted molar refractivity (Wildman–Crippen MR) is 116 cm³/mol. The van der Waals surface area contributed by atoms with Crippen LogP contribution in [0.5, 0.6) is 11.5 Å². The number of nitrogens with one attached hydrogen (secondary N) is 2. The van der Waals surface area contributed by atoms with Crippen LogP contribution in [0.25, 0.3) is 0 Å². The molecule has 2 aromatic rings. The van der Waals surface area contributed by atoms with Gasteiger partial charge in [0.25, 0.3) is 5.91 Å². The van der Waals surface area contributed by atoms with Crippen molar-refractivity contribution in [2.75, 3.05) is 14.2 Å². The normalized spacial score (nSPS) is 11.4. The van der Waals surface area contributed by atoms with E-state index in [9.17, 15) is 13.2 Å². The van der Waals surface area contributed by atoms with Crippen LogP contribution in [0.3, 0.4) is 0 Å². The molecule has 158 valence electrons. The Morgan fingerprint density at radius 1 is 1.07 bits per heavy atom. The van der Waals surface area contributed by atoms with Crippen LogP contribution < -0.4 is 19.5 Å². The Hall–Kier alpha value is -2.10. The molecule has 0 aliphatic carbocycles. The molecule has 0 heterocycles. The van der Waals surface area contributed by atoms with Gasteiger partial charge in [0.2, 0.25) is 10.0 Å². The Morgan fingerprint density at radius 3 is 2.24 bits per heavy atom. The first-order valence-corrected chi connectivity index (χ1v) is 11.4. The van der Waals surface area contributed by atoms with Gasteiger partial charge < -0.3 is 14.8 Å². The van der Waals surface area contributed by atoms with Gasteiger partial charge in [0.15, 0.2) is 0 Å². The number of hydrogen-bond acceptors (Lipinski definition) is 5. The van der Waals surface area contributed by atoms with Gasteiger partial charge in [0.1, 0.15) is 11.5 Å². The third-order valence-electron chi connectivity index (χ3n) is 3.95. The summed E-state index contributed by atoms with van der Waals surface area (Å²) in [7, 11) is -0.364. The molecule has 29 heavy (non-hydrogen) atoms. The summed E-state index contributed by atoms with van der Waals surface area (Å²) in [4.78, 5) is 12.6. The molecular weight excluding hydrogens is 460 g/mol. The van der Waals surface area contributed by atoms with Crippen molar-refractivity contribution in [1.82, 2.24) is 10.0 Å². The summed E-state index contributed by atoms with van der Waals surface area (Å²) in [5, 5.41) is 2.84. The number of rotatable bonds is 9. The summed E-state index contributed by atoms with van der Waals surface area (Å²) >= 11 is 3.37. The topological polar surface area (TPSA) is 93.7 Å². The van der Waals surface area contributed by atoms with Crippen LogP contribution in [0.1, 0.15) is 35.3 Å². The lowest BCUT2D eigenvalue weighted by molar-refractivity contribution is 0.0947. The first kappa shape index (κ1) is 23.2. The van der Waals surface area contributed by atoms with Gasteiger partial charge in [-0.15, -0.1) is 0 Å². The van der Waals surface area contributed by atoms with Crippen LogP contribution in [0.4, 0.5) is 0 Å². The number of methoxy groups -OCH3 is 2. The summed E-state index contributed by atoms with van der Waals surface area (Å²) in [6.45, 7) is 3.84. The van der Waals surface area contributed by atoms with Crippen LogP contribution in [0, 0.1) is 0 Å². The van der Waals surface area contributed by atoms with E-state index in [0.717, 1.165) is 5.56 Å². The van der Waals surface area contributed by atoms with Gasteiger partial charge in [0.05, 0.1) is 30.0 Å². The van der Waals surface area contributed by atoms with E-state index in [1.807, 2.05) is 0 Å². The van der Waals surface area contributed by atoms with Gasteiger partial charge in [-0.05, 0) is 53.0 Å². The highest BCUT2D eigenvalue weighted by Gasteiger charge is 2.17. The van der Waals surface area contributed by atoms with Crippen LogP contribution in [-0.4, -0.2) is 34.6 Å². The second kappa shape index (κ2) is 10.1. The van der Waals surface area contributed by atoms with Crippen LogP contribution in [-0.2, 0) is 22.3 Å². The average molecular weight is 485 g/mol. The largest absolute Gasteiger partial charge is 0.497 e. The third-order valence-corrected chi connectivity index (χ3v) is 6.08. The van der Waals surface area contributed by atoms with Crippen molar-refractivity contribution in [2.24, 2.45) is 0 Å². The quantitative estimate of drug-likeness (QED) is 0.569. The highest BCUT2D eigenvalue weighted by atomic mass is 79.9. The molecule has 1 amide bonds. The maximum absolute atomic E-state index is 12.6. The zero-order valence-electron chi connectivity index (χ0n) is 16.8. The number of carbonyl (C=O) groups is 1. The summed E-state index contributed by atoms with van der Waals surface area (Å²) < 4.78 is 37.7. The second-order valence-electron chi connectivity index (χ2n) is 6.72. The van der Waals surface area contributed by atoms with Gasteiger partial charge >= 0.3 is 0 Å². The zero-order valence-corrected chi connectivity index (χ0v) is 19.2. The fourth-order valence-corrected chi connectivity index (χ4v) is 4.75. The summed E-state index contributed by atoms with van der Waals surface area (Å²) in [5.41, 5.74) is 1.87. The Bertz CT molecular complexity index is 960. The van der Waals surface area contributed by atoms with Crippen molar-refractivity contribution in [2.45, 2.75) is 32.2 Å². The molecule has 0 atom stereocenters. The highest BCUT2D eigenvalue weighted by molar-refractivity contribution is 9.10. The first-order chi connectivity index (χ1) is 13.6. The molecule has 0 aliphatic heterocycles. The third kappa shape index (κ3) is 6.73. The number of hydrogen-bond donors (Lipinski definition) is 2. The second-order valence-corrected chi connectivity index (χ2v) is 9.33. The van der Waals surface area contributed by atoms with Crippen molar-refractivity contribution in [3.63, 3.8) is 0 Å². The predicted octanol–water partition coefficient (Wildman–Crippen LogP) is 3.22. The van der Waals surface area contributed by atoms with E-state index in [1.165, 1.54) is 14.2 Å². The first-order valence-electron chi connectivity index (χ1n) is 8.92. The van der Waals surface area contributed by atoms with E-state index in [4.69, 9.17) is 9.47 Å². The smallest absolute Gasteiger partial charge is 0.255 e. The number of ether oxygens (including phenoxy) is 2. The summed E-state index contributed by atoms with van der Waals surface area (Å²) in [6, 6.07) is 10.2. The number of carbonyl (C=O) groups excluding carboxylic acids is 1. The molecule has 0 aliphatic rings. The minimum atomic E-state index is -3.38. The fraction of sp³-hybridized carbons (Fsp3) is 0.350. The highest BCUT2D eigenvalue weighted by Crippen LogP contribution is 2.33. The molecule has 0 spiro atoms. The minimum Gasteiger partial charge on any atom is -0.497 e. The van der Waals surface area contributed by atoms with Gasteiger partial charge in [-0.3, -0.25) is 4.79 Å². The molecule has 2 aromatic carbocycles. The van der Waals surface area contributed by atoms with E-state index in [-0.39, 0.29) is 24.2 Å². The van der Waals surface area contributed by atoms with E-state index in [2.05, 4.69) is 26.0 Å². The molecule has 7 nitrogen and oxygen atoms in total. The van der Waals surface area contributed by atoms with Crippen molar-refractivity contribution in [3.05, 3.63) is 57.6 Å². The molecule has 0 radical (unpaired) electrons. The van der Waals surface area contributed by atoms with E-state index >= 15 is 0 Å². The van der Waals surface area contributed by atoms with Crippen LogP contribution in [0.2, 0.25) is 0 Å². The van der Waals surface area contributed by atoms with Crippen LogP contribution >= 0.6 is 15.9 Å². The van der Waals surface area contributed by atoms with E-state index in [1.54, 1.807) is 50.2 Å². The molecule has 2 rings (SSSR count). The lowest BCUT2D eigenvalue weighted by Crippen LogP contribution is -2.31. The van der Waals surface area contributed by atoms with Crippen molar-refractivity contribution in [3.8, 4) is 11.5 Å². The zero-order chi connectivity index (χ0) is 21.6. The SMILES string of the molecule is COc1cc(Br)c(OC)c(C(=O)NCc2ccc(CS(=O)(=O)NC(C)C)cc2)c1. The standard InChI is InChI=1S/C20H25BrN2O5S/c1-13(2)23-29(25,26)12-15-7-5-14(6-8-15)11-22-20(24)17-9-16(27-3)10-18(21)19(17)28-4/h5-10,13,23H,11-12H2,1-4H3,(H,22,24). The Labute approximate surface area is 180 Å². The fourth-order valence-electron chi connectivity index (χ4n) is 2.71. The number of amides is 1. The lowest BCUT2D eigenvalue weighted by Gasteiger charge is -2.13. The van der Waals surface area contributed by atoms with Gasteiger partial charge in [-0.1, -0.05) is 24.3 Å². The summed E-state index contributed by atoms with van der Waals surface area (Å²) in [5.74, 6) is 0.548. The van der Waals surface area contributed by atoms with E-state index in [0.29, 0.717) is 27.1 Å². The van der Waals surface area contributed by atoms with Gasteiger partial charge in [-0.2, -0.15) is 0 Å². The lowest BCUT2D eigenvalue weighted by atomic mass is 10.1.